The molecule has 1 aromatic carbocycles. The molecule has 2 unspecified atom stereocenters. The molecule has 4 rings (SSSR count). The van der Waals surface area contributed by atoms with Crippen molar-refractivity contribution < 1.29 is 0 Å². The molecule has 1 saturated heterocycles. The highest BCUT2D eigenvalue weighted by atomic mass is 15.0. The van der Waals surface area contributed by atoms with Crippen LogP contribution >= 0.6 is 0 Å². The average Bonchev–Trinajstić information content (AvgIpc) is 3.47. The van der Waals surface area contributed by atoms with Gasteiger partial charge in [-0.05, 0) is 73.0 Å². The van der Waals surface area contributed by atoms with Gasteiger partial charge in [0.2, 0.25) is 0 Å². The third-order valence-corrected chi connectivity index (χ3v) is 7.31. The largest absolute Gasteiger partial charge is 0.383 e. The number of allylic oxidation sites excluding steroid dienone is 4. The third kappa shape index (κ3) is 5.82. The SMILES string of the molecule is C=C/C(=C\N(C)C)c1cccc(-c2ccc(/C(C=NC)=C/CCC)c(C3CC4CNCC4C3)n2)c1. The van der Waals surface area contributed by atoms with Gasteiger partial charge in [-0.2, -0.15) is 0 Å². The number of fused-ring (bicyclic) bond motifs is 1. The molecule has 0 spiro atoms. The Bertz CT molecular complexity index is 1110. The highest BCUT2D eigenvalue weighted by Gasteiger charge is 2.39. The van der Waals surface area contributed by atoms with Crippen molar-refractivity contribution in [2.45, 2.75) is 38.5 Å². The molecule has 2 fully saturated rings. The molecular formula is C31H40N4. The van der Waals surface area contributed by atoms with E-state index in [4.69, 9.17) is 4.98 Å². The summed E-state index contributed by atoms with van der Waals surface area (Å²) in [5.41, 5.74) is 8.14. The van der Waals surface area contributed by atoms with E-state index in [-0.39, 0.29) is 0 Å². The lowest BCUT2D eigenvalue weighted by molar-refractivity contribution is 0.494. The van der Waals surface area contributed by atoms with Gasteiger partial charge >= 0.3 is 0 Å². The van der Waals surface area contributed by atoms with E-state index in [9.17, 15) is 0 Å². The summed E-state index contributed by atoms with van der Waals surface area (Å²) in [5, 5.41) is 3.59. The Morgan fingerprint density at radius 1 is 1.14 bits per heavy atom. The zero-order chi connectivity index (χ0) is 24.8. The van der Waals surface area contributed by atoms with E-state index >= 15 is 0 Å². The molecule has 1 N–H and O–H groups in total. The maximum atomic E-state index is 5.37. The standard InChI is InChI=1S/C31H40N4/c1-6-8-10-25(18-32-3)29-13-14-30(34-31(29)26-16-27-19-33-20-28(27)17-26)24-12-9-11-23(15-24)22(7-2)21-35(4)5/h7,9-15,18,21,26-28,33H,2,6,8,16-17,19-20H2,1,3-5H3/b22-21+,25-10+,32-18?. The Balaban J connectivity index is 1.77. The van der Waals surface area contributed by atoms with E-state index in [1.54, 1.807) is 0 Å². The molecule has 1 aliphatic carbocycles. The number of aliphatic imine (C=N–C) groups is 1. The number of nitrogens with one attached hydrogen (secondary N) is 1. The number of aromatic nitrogens is 1. The summed E-state index contributed by atoms with van der Waals surface area (Å²) < 4.78 is 0. The zero-order valence-electron chi connectivity index (χ0n) is 21.8. The molecule has 4 heteroatoms. The van der Waals surface area contributed by atoms with Crippen LogP contribution in [0.5, 0.6) is 0 Å². The number of unbranched alkanes of at least 4 members (excludes halogenated alkanes) is 1. The van der Waals surface area contributed by atoms with Crippen molar-refractivity contribution in [3.05, 3.63) is 78.1 Å². The van der Waals surface area contributed by atoms with Crippen LogP contribution in [0.15, 0.2) is 66.3 Å². The van der Waals surface area contributed by atoms with Crippen LogP contribution in [-0.4, -0.2) is 50.3 Å². The second kappa shape index (κ2) is 11.6. The van der Waals surface area contributed by atoms with Crippen LogP contribution in [0.1, 0.15) is 55.3 Å². The van der Waals surface area contributed by atoms with E-state index in [1.165, 1.54) is 29.7 Å². The molecule has 1 aromatic heterocycles. The van der Waals surface area contributed by atoms with E-state index in [2.05, 4.69) is 77.4 Å². The van der Waals surface area contributed by atoms with Gasteiger partial charge in [0.1, 0.15) is 0 Å². The summed E-state index contributed by atoms with van der Waals surface area (Å²) in [6.07, 6.45) is 13.0. The van der Waals surface area contributed by atoms with Gasteiger partial charge in [0.05, 0.1) is 11.4 Å². The van der Waals surface area contributed by atoms with Crippen LogP contribution in [0.4, 0.5) is 0 Å². The highest BCUT2D eigenvalue weighted by Crippen LogP contribution is 2.45. The van der Waals surface area contributed by atoms with Gasteiger partial charge in [0.25, 0.3) is 0 Å². The topological polar surface area (TPSA) is 40.5 Å². The first-order valence-corrected chi connectivity index (χ1v) is 13.0. The van der Waals surface area contributed by atoms with Gasteiger partial charge in [-0.15, -0.1) is 0 Å². The lowest BCUT2D eigenvalue weighted by atomic mass is 9.91. The van der Waals surface area contributed by atoms with Crippen molar-refractivity contribution in [2.75, 3.05) is 34.2 Å². The fourth-order valence-electron chi connectivity index (χ4n) is 5.63. The Kier molecular flexibility index (Phi) is 8.35. The van der Waals surface area contributed by atoms with E-state index in [0.717, 1.165) is 60.2 Å². The van der Waals surface area contributed by atoms with Gasteiger partial charge in [-0.3, -0.25) is 9.98 Å². The molecule has 2 aromatic rings. The fraction of sp³-hybridized carbons (Fsp3) is 0.419. The molecule has 2 aliphatic rings. The predicted octanol–water partition coefficient (Wildman–Crippen LogP) is 6.43. The van der Waals surface area contributed by atoms with E-state index < -0.39 is 0 Å². The number of hydrogen-bond donors (Lipinski definition) is 1. The Hall–Kier alpha value is -2.98. The first-order chi connectivity index (χ1) is 17.0. The van der Waals surface area contributed by atoms with Crippen molar-refractivity contribution in [1.29, 1.82) is 0 Å². The molecule has 2 heterocycles. The molecule has 4 nitrogen and oxygen atoms in total. The molecule has 0 radical (unpaired) electrons. The second-order valence-corrected chi connectivity index (χ2v) is 10.1. The number of hydrogen-bond acceptors (Lipinski definition) is 4. The van der Waals surface area contributed by atoms with Crippen LogP contribution in [0, 0.1) is 11.8 Å². The maximum Gasteiger partial charge on any atom is 0.0706 e. The number of benzene rings is 1. The van der Waals surface area contributed by atoms with Crippen LogP contribution in [0.2, 0.25) is 0 Å². The summed E-state index contributed by atoms with van der Waals surface area (Å²) >= 11 is 0. The van der Waals surface area contributed by atoms with Crippen molar-refractivity contribution in [1.82, 2.24) is 15.2 Å². The van der Waals surface area contributed by atoms with Crippen LogP contribution < -0.4 is 5.32 Å². The number of nitrogens with zero attached hydrogens (tertiary/aromatic N) is 3. The van der Waals surface area contributed by atoms with Gasteiger partial charge in [0.15, 0.2) is 0 Å². The summed E-state index contributed by atoms with van der Waals surface area (Å²) in [6.45, 7) is 8.54. The number of rotatable bonds is 9. The maximum absolute atomic E-state index is 5.37. The summed E-state index contributed by atoms with van der Waals surface area (Å²) in [5.74, 6) is 2.05. The van der Waals surface area contributed by atoms with Crippen molar-refractivity contribution in [3.8, 4) is 11.3 Å². The van der Waals surface area contributed by atoms with E-state index in [1.807, 2.05) is 33.4 Å². The molecule has 35 heavy (non-hydrogen) atoms. The second-order valence-electron chi connectivity index (χ2n) is 10.1. The molecule has 0 amide bonds. The zero-order valence-corrected chi connectivity index (χ0v) is 21.8. The van der Waals surface area contributed by atoms with Gasteiger partial charge in [-0.1, -0.05) is 56.3 Å². The van der Waals surface area contributed by atoms with E-state index in [0.29, 0.717) is 5.92 Å². The smallest absolute Gasteiger partial charge is 0.0706 e. The monoisotopic (exact) mass is 468 g/mol. The number of pyridine rings is 1. The fourth-order valence-corrected chi connectivity index (χ4v) is 5.63. The Morgan fingerprint density at radius 2 is 1.91 bits per heavy atom. The first kappa shape index (κ1) is 25.1. The summed E-state index contributed by atoms with van der Waals surface area (Å²) in [6, 6.07) is 13.1. The van der Waals surface area contributed by atoms with Crippen LogP contribution in [0.25, 0.3) is 22.4 Å². The predicted molar refractivity (Wildman–Crippen MR) is 151 cm³/mol. The van der Waals surface area contributed by atoms with Crippen LogP contribution in [0.3, 0.4) is 0 Å². The average molecular weight is 469 g/mol. The minimum atomic E-state index is 0.498. The molecule has 0 bridgehead atoms. The Labute approximate surface area is 211 Å². The minimum absolute atomic E-state index is 0.498. The third-order valence-electron chi connectivity index (χ3n) is 7.31. The van der Waals surface area contributed by atoms with Crippen molar-refractivity contribution in [2.24, 2.45) is 16.8 Å². The molecule has 1 saturated carbocycles. The van der Waals surface area contributed by atoms with Gasteiger partial charge in [0, 0.05) is 50.6 Å². The first-order valence-electron chi connectivity index (χ1n) is 13.0. The minimum Gasteiger partial charge on any atom is -0.383 e. The van der Waals surface area contributed by atoms with Crippen molar-refractivity contribution in [3.63, 3.8) is 0 Å². The normalized spacial score (nSPS) is 22.6. The van der Waals surface area contributed by atoms with Gasteiger partial charge in [-0.25, -0.2) is 0 Å². The molecule has 184 valence electrons. The quantitative estimate of drug-likeness (QED) is 0.340. The Morgan fingerprint density at radius 3 is 2.57 bits per heavy atom. The highest BCUT2D eigenvalue weighted by molar-refractivity contribution is 6.10. The van der Waals surface area contributed by atoms with Crippen LogP contribution in [-0.2, 0) is 0 Å². The summed E-state index contributed by atoms with van der Waals surface area (Å²) in [4.78, 5) is 11.8. The lowest BCUT2D eigenvalue weighted by Crippen LogP contribution is -2.13. The van der Waals surface area contributed by atoms with Gasteiger partial charge < -0.3 is 10.2 Å². The lowest BCUT2D eigenvalue weighted by Gasteiger charge is -2.18. The molecule has 2 atom stereocenters. The molecular weight excluding hydrogens is 428 g/mol. The summed E-state index contributed by atoms with van der Waals surface area (Å²) in [7, 11) is 5.93. The van der Waals surface area contributed by atoms with Crippen molar-refractivity contribution >= 4 is 17.4 Å². The molecule has 1 aliphatic heterocycles.